The lowest BCUT2D eigenvalue weighted by atomic mass is 9.91. The second kappa shape index (κ2) is 12.3. The molecule has 37 heavy (non-hydrogen) atoms. The van der Waals surface area contributed by atoms with E-state index in [4.69, 9.17) is 4.74 Å². The number of methoxy groups -OCH3 is 1. The summed E-state index contributed by atoms with van der Waals surface area (Å²) in [5.41, 5.74) is 3.72. The number of hydrazine groups is 1. The summed E-state index contributed by atoms with van der Waals surface area (Å²) >= 11 is 0. The molecule has 0 bridgehead atoms. The van der Waals surface area contributed by atoms with Gasteiger partial charge in [-0.1, -0.05) is 19.9 Å². The molecule has 0 spiro atoms. The van der Waals surface area contributed by atoms with Crippen LogP contribution in [0, 0.1) is 17.8 Å². The van der Waals surface area contributed by atoms with Gasteiger partial charge in [0.05, 0.1) is 25.3 Å². The topological polar surface area (TPSA) is 138 Å². The standard InChI is InChI=1S/C27H34N4O6/c1-16(2)12-19(13-23(33)22-14-20-21(29-22)6-5-7-24(20)37-4)27(36)30-31(25(34)9-8-17(3)32)15-18-10-11-28-26(18)35/h5-9,14,16,18-19,29H,10-13,15H2,1-4H3,(H,28,35)(H,30,36)/b9-8+/t18-,19+/m0/s1. The molecule has 1 fully saturated rings. The number of Topliss-reactive ketones (excluding diaryl/α,β-unsaturated/α-hetero) is 1. The van der Waals surface area contributed by atoms with Crippen molar-refractivity contribution >= 4 is 40.2 Å². The lowest BCUT2D eigenvalue weighted by Gasteiger charge is -2.27. The smallest absolute Gasteiger partial charge is 0.265 e. The normalized spacial score (nSPS) is 16.1. The Kier molecular flexibility index (Phi) is 9.21. The molecule has 0 unspecified atom stereocenters. The van der Waals surface area contributed by atoms with Gasteiger partial charge in [0.2, 0.25) is 11.8 Å². The van der Waals surface area contributed by atoms with Gasteiger partial charge in [0, 0.05) is 35.9 Å². The zero-order valence-electron chi connectivity index (χ0n) is 21.6. The van der Waals surface area contributed by atoms with E-state index in [1.807, 2.05) is 26.0 Å². The van der Waals surface area contributed by atoms with E-state index in [-0.39, 0.29) is 36.4 Å². The van der Waals surface area contributed by atoms with Crippen LogP contribution in [0.1, 0.15) is 50.5 Å². The van der Waals surface area contributed by atoms with Gasteiger partial charge in [-0.25, -0.2) is 5.01 Å². The summed E-state index contributed by atoms with van der Waals surface area (Å²) in [7, 11) is 1.56. The summed E-state index contributed by atoms with van der Waals surface area (Å²) in [6.07, 6.45) is 3.03. The van der Waals surface area contributed by atoms with Crippen LogP contribution in [0.2, 0.25) is 0 Å². The molecule has 3 N–H and O–H groups in total. The first kappa shape index (κ1) is 27.6. The minimum absolute atomic E-state index is 0.0389. The number of amides is 3. The highest BCUT2D eigenvalue weighted by atomic mass is 16.5. The number of ketones is 2. The van der Waals surface area contributed by atoms with Crippen molar-refractivity contribution in [2.75, 3.05) is 20.2 Å². The van der Waals surface area contributed by atoms with Gasteiger partial charge in [-0.3, -0.25) is 29.4 Å². The maximum Gasteiger partial charge on any atom is 0.265 e. The number of hydrogen-bond donors (Lipinski definition) is 3. The molecule has 1 saturated heterocycles. The molecule has 3 amide bonds. The summed E-state index contributed by atoms with van der Waals surface area (Å²) in [5, 5.41) is 4.54. The van der Waals surface area contributed by atoms with Crippen molar-refractivity contribution in [3.05, 3.63) is 42.1 Å². The molecule has 2 atom stereocenters. The van der Waals surface area contributed by atoms with Crippen LogP contribution >= 0.6 is 0 Å². The number of carbonyl (C=O) groups excluding carboxylic acids is 5. The van der Waals surface area contributed by atoms with Crippen molar-refractivity contribution in [2.45, 2.75) is 40.0 Å². The zero-order valence-corrected chi connectivity index (χ0v) is 21.6. The van der Waals surface area contributed by atoms with Crippen molar-refractivity contribution in [2.24, 2.45) is 17.8 Å². The molecule has 1 aliphatic rings. The minimum atomic E-state index is -0.717. The van der Waals surface area contributed by atoms with Gasteiger partial charge in [-0.05, 0) is 50.0 Å². The Bertz CT molecular complexity index is 1210. The monoisotopic (exact) mass is 510 g/mol. The highest BCUT2D eigenvalue weighted by molar-refractivity contribution is 6.02. The van der Waals surface area contributed by atoms with E-state index in [9.17, 15) is 24.0 Å². The van der Waals surface area contributed by atoms with Crippen molar-refractivity contribution in [1.82, 2.24) is 20.7 Å². The van der Waals surface area contributed by atoms with Gasteiger partial charge < -0.3 is 15.0 Å². The first-order valence-electron chi connectivity index (χ1n) is 12.4. The largest absolute Gasteiger partial charge is 0.496 e. The highest BCUT2D eigenvalue weighted by Crippen LogP contribution is 2.27. The third kappa shape index (κ3) is 7.28. The molecular weight excluding hydrogens is 476 g/mol. The molecular formula is C27H34N4O6. The van der Waals surface area contributed by atoms with E-state index < -0.39 is 23.7 Å². The Morgan fingerprint density at radius 3 is 2.59 bits per heavy atom. The molecule has 1 aliphatic heterocycles. The second-order valence-corrected chi connectivity index (χ2v) is 9.70. The Morgan fingerprint density at radius 2 is 1.97 bits per heavy atom. The van der Waals surface area contributed by atoms with Crippen LogP contribution < -0.4 is 15.5 Å². The molecule has 198 valence electrons. The van der Waals surface area contributed by atoms with Crippen molar-refractivity contribution in [1.29, 1.82) is 0 Å². The molecule has 10 heteroatoms. The molecule has 2 heterocycles. The number of hydrogen-bond acceptors (Lipinski definition) is 6. The zero-order chi connectivity index (χ0) is 27.1. The van der Waals surface area contributed by atoms with Crippen LogP contribution in [0.4, 0.5) is 0 Å². The third-order valence-electron chi connectivity index (χ3n) is 6.24. The summed E-state index contributed by atoms with van der Waals surface area (Å²) < 4.78 is 5.37. The molecule has 0 radical (unpaired) electrons. The Labute approximate surface area is 215 Å². The quantitative estimate of drug-likeness (QED) is 0.241. The molecule has 2 aromatic rings. The van der Waals surface area contributed by atoms with Crippen molar-refractivity contribution in [3.8, 4) is 5.75 Å². The molecule has 1 aromatic heterocycles. The van der Waals surface area contributed by atoms with Gasteiger partial charge in [0.25, 0.3) is 5.91 Å². The fourth-order valence-electron chi connectivity index (χ4n) is 4.37. The molecule has 1 aromatic carbocycles. The molecule has 0 saturated carbocycles. The second-order valence-electron chi connectivity index (χ2n) is 9.70. The number of nitrogens with one attached hydrogen (secondary N) is 3. The maximum atomic E-state index is 13.3. The predicted octanol–water partition coefficient (Wildman–Crippen LogP) is 2.55. The maximum absolute atomic E-state index is 13.3. The number of ether oxygens (including phenoxy) is 1. The van der Waals surface area contributed by atoms with E-state index >= 15 is 0 Å². The molecule has 3 rings (SSSR count). The summed E-state index contributed by atoms with van der Waals surface area (Å²) in [6, 6.07) is 7.17. The number of rotatable bonds is 11. The number of allylic oxidation sites excluding steroid dienone is 1. The lowest BCUT2D eigenvalue weighted by Crippen LogP contribution is -2.50. The minimum Gasteiger partial charge on any atom is -0.496 e. The predicted molar refractivity (Wildman–Crippen MR) is 138 cm³/mol. The Morgan fingerprint density at radius 1 is 1.22 bits per heavy atom. The van der Waals surface area contributed by atoms with Gasteiger partial charge in [-0.15, -0.1) is 0 Å². The van der Waals surface area contributed by atoms with Crippen LogP contribution in [-0.2, 0) is 19.2 Å². The van der Waals surface area contributed by atoms with Crippen LogP contribution in [-0.4, -0.2) is 59.5 Å². The number of fused-ring (bicyclic) bond motifs is 1. The van der Waals surface area contributed by atoms with E-state index in [0.29, 0.717) is 30.8 Å². The summed E-state index contributed by atoms with van der Waals surface area (Å²) in [4.78, 5) is 65.8. The third-order valence-corrected chi connectivity index (χ3v) is 6.24. The van der Waals surface area contributed by atoms with Crippen LogP contribution in [0.3, 0.4) is 0 Å². The lowest BCUT2D eigenvalue weighted by molar-refractivity contribution is -0.142. The first-order valence-corrected chi connectivity index (χ1v) is 12.4. The van der Waals surface area contributed by atoms with E-state index in [2.05, 4.69) is 15.7 Å². The fourth-order valence-corrected chi connectivity index (χ4v) is 4.37. The Balaban J connectivity index is 1.79. The van der Waals surface area contributed by atoms with Gasteiger partial charge in [0.1, 0.15) is 5.75 Å². The number of aromatic nitrogens is 1. The highest BCUT2D eigenvalue weighted by Gasteiger charge is 2.31. The van der Waals surface area contributed by atoms with E-state index in [1.54, 1.807) is 19.2 Å². The SMILES string of the molecule is COc1cccc2[nH]c(C(=O)C[C@@H](CC(C)C)C(=O)NN(C[C@@H]3CCNC3=O)C(=O)/C=C/C(C)=O)cc12. The van der Waals surface area contributed by atoms with Gasteiger partial charge in [-0.2, -0.15) is 0 Å². The van der Waals surface area contributed by atoms with Gasteiger partial charge in [0.15, 0.2) is 11.6 Å². The number of H-pyrrole nitrogens is 1. The number of carbonyl (C=O) groups is 5. The summed E-state index contributed by atoms with van der Waals surface area (Å²) in [5.74, 6) is -2.36. The average molecular weight is 511 g/mol. The van der Waals surface area contributed by atoms with E-state index in [0.717, 1.165) is 28.1 Å². The fraction of sp³-hybridized carbons (Fsp3) is 0.444. The van der Waals surface area contributed by atoms with Crippen molar-refractivity contribution in [3.63, 3.8) is 0 Å². The molecule has 10 nitrogen and oxygen atoms in total. The first-order chi connectivity index (χ1) is 17.6. The number of nitrogens with zero attached hydrogens (tertiary/aromatic N) is 1. The number of aromatic amines is 1. The van der Waals surface area contributed by atoms with Gasteiger partial charge >= 0.3 is 0 Å². The van der Waals surface area contributed by atoms with Crippen molar-refractivity contribution < 1.29 is 28.7 Å². The average Bonchev–Trinajstić information content (AvgIpc) is 3.47. The molecule has 0 aliphatic carbocycles. The van der Waals surface area contributed by atoms with Crippen LogP contribution in [0.15, 0.2) is 36.4 Å². The van der Waals surface area contributed by atoms with E-state index in [1.165, 1.54) is 6.92 Å². The van der Waals surface area contributed by atoms with Crippen LogP contribution in [0.25, 0.3) is 10.9 Å². The van der Waals surface area contributed by atoms with Crippen LogP contribution in [0.5, 0.6) is 5.75 Å². The number of benzene rings is 1. The Hall–Kier alpha value is -3.95. The summed E-state index contributed by atoms with van der Waals surface area (Å²) in [6.45, 7) is 5.65.